The van der Waals surface area contributed by atoms with Gasteiger partial charge in [0, 0.05) is 0 Å². The van der Waals surface area contributed by atoms with Crippen molar-refractivity contribution < 1.29 is 0 Å². The summed E-state index contributed by atoms with van der Waals surface area (Å²) in [5.41, 5.74) is 2.00. The van der Waals surface area contributed by atoms with Crippen LogP contribution in [0, 0.1) is 5.41 Å². The highest BCUT2D eigenvalue weighted by molar-refractivity contribution is 5.19. The Morgan fingerprint density at radius 3 is 2.18 bits per heavy atom. The zero-order valence-electron chi connectivity index (χ0n) is 12.0. The van der Waals surface area contributed by atoms with Crippen molar-refractivity contribution >= 4 is 0 Å². The molecule has 1 unspecified atom stereocenters. The molecule has 0 saturated carbocycles. The van der Waals surface area contributed by atoms with E-state index in [2.05, 4.69) is 58.0 Å². The average molecular weight is 232 g/mol. The van der Waals surface area contributed by atoms with Gasteiger partial charge in [0.1, 0.15) is 0 Å². The molecule has 0 aliphatic heterocycles. The summed E-state index contributed by atoms with van der Waals surface area (Å²) in [4.78, 5) is 0. The van der Waals surface area contributed by atoms with Crippen molar-refractivity contribution in [1.82, 2.24) is 0 Å². The third-order valence-electron chi connectivity index (χ3n) is 3.63. The third-order valence-corrected chi connectivity index (χ3v) is 3.63. The minimum absolute atomic E-state index is 0.477. The Bertz CT molecular complexity index is 297. The van der Waals surface area contributed by atoms with E-state index in [1.165, 1.54) is 37.7 Å². The van der Waals surface area contributed by atoms with Gasteiger partial charge in [0.25, 0.3) is 0 Å². The molecule has 0 nitrogen and oxygen atoms in total. The van der Waals surface area contributed by atoms with E-state index in [9.17, 15) is 0 Å². The van der Waals surface area contributed by atoms with E-state index in [0.29, 0.717) is 5.41 Å². The van der Waals surface area contributed by atoms with Gasteiger partial charge in [-0.15, -0.1) is 0 Å². The van der Waals surface area contributed by atoms with Gasteiger partial charge in [-0.1, -0.05) is 70.9 Å². The summed E-state index contributed by atoms with van der Waals surface area (Å²) >= 11 is 0. The van der Waals surface area contributed by atoms with Crippen LogP contribution >= 0.6 is 0 Å². The second-order valence-electron chi connectivity index (χ2n) is 6.01. The van der Waals surface area contributed by atoms with Gasteiger partial charge in [-0.05, 0) is 36.2 Å². The van der Waals surface area contributed by atoms with Gasteiger partial charge in [0.05, 0.1) is 0 Å². The van der Waals surface area contributed by atoms with Gasteiger partial charge in [-0.2, -0.15) is 0 Å². The van der Waals surface area contributed by atoms with E-state index in [1.54, 1.807) is 0 Å². The van der Waals surface area contributed by atoms with E-state index >= 15 is 0 Å². The quantitative estimate of drug-likeness (QED) is 0.558. The van der Waals surface area contributed by atoms with Gasteiger partial charge in [-0.25, -0.2) is 0 Å². The summed E-state index contributed by atoms with van der Waals surface area (Å²) in [6.07, 6.45) is 6.54. The molecule has 96 valence electrons. The highest BCUT2D eigenvalue weighted by Gasteiger charge is 2.22. The first kappa shape index (κ1) is 14.3. The summed E-state index contributed by atoms with van der Waals surface area (Å²) < 4.78 is 0. The van der Waals surface area contributed by atoms with Gasteiger partial charge >= 0.3 is 0 Å². The van der Waals surface area contributed by atoms with Crippen LogP contribution in [0.15, 0.2) is 30.3 Å². The van der Waals surface area contributed by atoms with Crippen molar-refractivity contribution in [3.8, 4) is 0 Å². The van der Waals surface area contributed by atoms with Gasteiger partial charge < -0.3 is 0 Å². The highest BCUT2D eigenvalue weighted by atomic mass is 14.3. The fourth-order valence-electron chi connectivity index (χ4n) is 2.91. The monoisotopic (exact) mass is 232 g/mol. The molecule has 1 aromatic rings. The first-order chi connectivity index (χ1) is 8.09. The van der Waals surface area contributed by atoms with Gasteiger partial charge in [0.15, 0.2) is 0 Å². The smallest absolute Gasteiger partial charge is 0.0157 e. The standard InChI is InChI=1S/C17H28/c1-5-10-16(14-17(3,4)13-6-2)15-11-8-7-9-12-15/h7-9,11-12,16H,5-6,10,13-14H2,1-4H3. The molecule has 0 amide bonds. The van der Waals surface area contributed by atoms with Crippen LogP contribution in [0.4, 0.5) is 0 Å². The maximum atomic E-state index is 2.42. The molecule has 1 atom stereocenters. The largest absolute Gasteiger partial charge is 0.0654 e. The minimum Gasteiger partial charge on any atom is -0.0654 e. The zero-order valence-corrected chi connectivity index (χ0v) is 12.0. The van der Waals surface area contributed by atoms with Crippen molar-refractivity contribution in [2.24, 2.45) is 5.41 Å². The number of benzene rings is 1. The molecule has 1 rings (SSSR count). The molecule has 0 N–H and O–H groups in total. The number of rotatable bonds is 7. The topological polar surface area (TPSA) is 0 Å². The molecule has 0 heterocycles. The molecule has 1 aromatic carbocycles. The van der Waals surface area contributed by atoms with E-state index in [1.807, 2.05) is 0 Å². The minimum atomic E-state index is 0.477. The molecular formula is C17H28. The van der Waals surface area contributed by atoms with Crippen LogP contribution in [0.3, 0.4) is 0 Å². The van der Waals surface area contributed by atoms with Gasteiger partial charge in [0.2, 0.25) is 0 Å². The first-order valence-electron chi connectivity index (χ1n) is 7.14. The lowest BCUT2D eigenvalue weighted by Crippen LogP contribution is -2.16. The Balaban J connectivity index is 2.73. The predicted octanol–water partition coefficient (Wildman–Crippen LogP) is 5.79. The first-order valence-corrected chi connectivity index (χ1v) is 7.14. The second-order valence-corrected chi connectivity index (χ2v) is 6.01. The molecule has 0 saturated heterocycles. The molecule has 0 radical (unpaired) electrons. The molecule has 0 aliphatic carbocycles. The normalized spacial score (nSPS) is 13.6. The number of hydrogen-bond donors (Lipinski definition) is 0. The molecule has 0 heteroatoms. The Morgan fingerprint density at radius 1 is 1.00 bits per heavy atom. The van der Waals surface area contributed by atoms with Crippen LogP contribution in [0.5, 0.6) is 0 Å². The van der Waals surface area contributed by atoms with Crippen molar-refractivity contribution in [1.29, 1.82) is 0 Å². The maximum Gasteiger partial charge on any atom is -0.0157 e. The van der Waals surface area contributed by atoms with Crippen LogP contribution in [-0.2, 0) is 0 Å². The Labute approximate surface area is 107 Å². The highest BCUT2D eigenvalue weighted by Crippen LogP contribution is 2.37. The Kier molecular flexibility index (Phi) is 5.74. The van der Waals surface area contributed by atoms with Crippen LogP contribution in [0.1, 0.15) is 71.3 Å². The van der Waals surface area contributed by atoms with Gasteiger partial charge in [-0.3, -0.25) is 0 Å². The third kappa shape index (κ3) is 4.93. The fraction of sp³-hybridized carbons (Fsp3) is 0.647. The van der Waals surface area contributed by atoms with Crippen LogP contribution in [-0.4, -0.2) is 0 Å². The molecule has 0 aromatic heterocycles. The summed E-state index contributed by atoms with van der Waals surface area (Å²) in [5.74, 6) is 0.739. The molecule has 17 heavy (non-hydrogen) atoms. The predicted molar refractivity (Wildman–Crippen MR) is 77.4 cm³/mol. The Morgan fingerprint density at radius 2 is 1.65 bits per heavy atom. The number of hydrogen-bond acceptors (Lipinski definition) is 0. The average Bonchev–Trinajstić information content (AvgIpc) is 2.29. The maximum absolute atomic E-state index is 2.42. The fourth-order valence-corrected chi connectivity index (χ4v) is 2.91. The van der Waals surface area contributed by atoms with Crippen molar-refractivity contribution in [3.63, 3.8) is 0 Å². The van der Waals surface area contributed by atoms with E-state index in [-0.39, 0.29) is 0 Å². The van der Waals surface area contributed by atoms with Crippen molar-refractivity contribution in [2.75, 3.05) is 0 Å². The van der Waals surface area contributed by atoms with Crippen LogP contribution < -0.4 is 0 Å². The zero-order chi connectivity index (χ0) is 12.7. The van der Waals surface area contributed by atoms with E-state index in [0.717, 1.165) is 5.92 Å². The summed E-state index contributed by atoms with van der Waals surface area (Å²) in [5, 5.41) is 0. The lowest BCUT2D eigenvalue weighted by molar-refractivity contribution is 0.272. The SMILES string of the molecule is CCCC(CC(C)(C)CCC)c1ccccc1. The Hall–Kier alpha value is -0.780. The summed E-state index contributed by atoms with van der Waals surface area (Å²) in [6, 6.07) is 11.0. The summed E-state index contributed by atoms with van der Waals surface area (Å²) in [6.45, 7) is 9.42. The molecule has 0 bridgehead atoms. The van der Waals surface area contributed by atoms with E-state index in [4.69, 9.17) is 0 Å². The molecule has 0 fully saturated rings. The van der Waals surface area contributed by atoms with Crippen LogP contribution in [0.25, 0.3) is 0 Å². The lowest BCUT2D eigenvalue weighted by Gasteiger charge is -2.30. The molecule has 0 aliphatic rings. The van der Waals surface area contributed by atoms with Crippen LogP contribution in [0.2, 0.25) is 0 Å². The second kappa shape index (κ2) is 6.83. The van der Waals surface area contributed by atoms with Crippen molar-refractivity contribution in [3.05, 3.63) is 35.9 Å². The molecular weight excluding hydrogens is 204 g/mol. The molecule has 0 spiro atoms. The summed E-state index contributed by atoms with van der Waals surface area (Å²) in [7, 11) is 0. The van der Waals surface area contributed by atoms with E-state index < -0.39 is 0 Å². The van der Waals surface area contributed by atoms with Crippen molar-refractivity contribution in [2.45, 2.75) is 65.7 Å². The lowest BCUT2D eigenvalue weighted by atomic mass is 9.76.